The summed E-state index contributed by atoms with van der Waals surface area (Å²) in [5.74, 6) is 2.32. The number of rotatable bonds is 5. The van der Waals surface area contributed by atoms with E-state index in [2.05, 4.69) is 29.1 Å². The Bertz CT molecular complexity index is 399. The summed E-state index contributed by atoms with van der Waals surface area (Å²) in [6, 6.07) is 0.463. The first kappa shape index (κ1) is 14.1. The van der Waals surface area contributed by atoms with Gasteiger partial charge in [0.05, 0.1) is 0 Å². The van der Waals surface area contributed by atoms with Gasteiger partial charge in [0.15, 0.2) is 0 Å². The smallest absolute Gasteiger partial charge is 0.134 e. The van der Waals surface area contributed by atoms with Crippen LogP contribution in [0.15, 0.2) is 6.33 Å². The van der Waals surface area contributed by atoms with Crippen molar-refractivity contribution in [2.45, 2.75) is 64.8 Å². The zero-order valence-corrected chi connectivity index (χ0v) is 12.2. The molecule has 1 aliphatic carbocycles. The summed E-state index contributed by atoms with van der Waals surface area (Å²) in [6.45, 7) is 4.42. The Balaban J connectivity index is 2.06. The highest BCUT2D eigenvalue weighted by Crippen LogP contribution is 2.29. The highest BCUT2D eigenvalue weighted by molar-refractivity contribution is 5.55. The summed E-state index contributed by atoms with van der Waals surface area (Å²) in [7, 11) is 0. The molecular weight excluding hydrogens is 236 g/mol. The molecule has 0 aromatic carbocycles. The number of nitrogens with zero attached hydrogens (tertiary/aromatic N) is 2. The zero-order chi connectivity index (χ0) is 13.7. The Hall–Kier alpha value is -1.32. The highest BCUT2D eigenvalue weighted by atomic mass is 15.1. The lowest BCUT2D eigenvalue weighted by Gasteiger charge is -2.29. The van der Waals surface area contributed by atoms with Crippen LogP contribution >= 0.6 is 0 Å². The molecule has 1 atom stereocenters. The van der Waals surface area contributed by atoms with E-state index in [-0.39, 0.29) is 0 Å². The van der Waals surface area contributed by atoms with Gasteiger partial charge in [-0.25, -0.2) is 9.97 Å². The molecule has 0 aliphatic heterocycles. The van der Waals surface area contributed by atoms with Crippen LogP contribution in [0.4, 0.5) is 11.6 Å². The summed E-state index contributed by atoms with van der Waals surface area (Å²) in [5, 5.41) is 3.57. The lowest BCUT2D eigenvalue weighted by molar-refractivity contribution is 0.328. The Morgan fingerprint density at radius 3 is 2.74 bits per heavy atom. The Morgan fingerprint density at radius 2 is 2.05 bits per heavy atom. The zero-order valence-electron chi connectivity index (χ0n) is 12.2. The van der Waals surface area contributed by atoms with Gasteiger partial charge in [0.25, 0.3) is 0 Å². The summed E-state index contributed by atoms with van der Waals surface area (Å²) < 4.78 is 0. The predicted octanol–water partition coefficient (Wildman–Crippen LogP) is 3.39. The maximum absolute atomic E-state index is 5.97. The van der Waals surface area contributed by atoms with E-state index in [1.54, 1.807) is 6.33 Å². The number of nitrogens with one attached hydrogen (secondary N) is 1. The number of aromatic nitrogens is 2. The Kier molecular flexibility index (Phi) is 5.00. The number of hydrogen-bond acceptors (Lipinski definition) is 4. The van der Waals surface area contributed by atoms with Gasteiger partial charge in [-0.05, 0) is 32.1 Å². The molecule has 19 heavy (non-hydrogen) atoms. The molecule has 0 bridgehead atoms. The fourth-order valence-corrected chi connectivity index (χ4v) is 3.01. The molecular formula is C15H26N4. The van der Waals surface area contributed by atoms with Gasteiger partial charge < -0.3 is 11.1 Å². The van der Waals surface area contributed by atoms with Crippen molar-refractivity contribution in [3.63, 3.8) is 0 Å². The molecule has 1 heterocycles. The summed E-state index contributed by atoms with van der Waals surface area (Å²) in [4.78, 5) is 8.50. The van der Waals surface area contributed by atoms with E-state index in [4.69, 9.17) is 5.73 Å². The SMILES string of the molecule is CCCc1c(N)ncnc1NC(C)C1CCCCC1. The number of anilines is 2. The van der Waals surface area contributed by atoms with Crippen molar-refractivity contribution in [3.8, 4) is 0 Å². The molecule has 106 valence electrons. The van der Waals surface area contributed by atoms with Crippen LogP contribution in [0.25, 0.3) is 0 Å². The third-order valence-electron chi connectivity index (χ3n) is 4.20. The van der Waals surface area contributed by atoms with Gasteiger partial charge in [-0.3, -0.25) is 0 Å². The monoisotopic (exact) mass is 262 g/mol. The van der Waals surface area contributed by atoms with E-state index < -0.39 is 0 Å². The second-order valence-electron chi connectivity index (χ2n) is 5.67. The standard InChI is InChI=1S/C15H26N4/c1-3-7-13-14(16)17-10-18-15(13)19-11(2)12-8-5-4-6-9-12/h10-12H,3-9H2,1-2H3,(H3,16,17,18,19). The maximum Gasteiger partial charge on any atom is 0.134 e. The first-order valence-corrected chi connectivity index (χ1v) is 7.58. The van der Waals surface area contributed by atoms with E-state index in [9.17, 15) is 0 Å². The first-order valence-electron chi connectivity index (χ1n) is 7.58. The van der Waals surface area contributed by atoms with Gasteiger partial charge >= 0.3 is 0 Å². The third-order valence-corrected chi connectivity index (χ3v) is 4.20. The van der Waals surface area contributed by atoms with Crippen LogP contribution in [-0.2, 0) is 6.42 Å². The highest BCUT2D eigenvalue weighted by Gasteiger charge is 2.21. The molecule has 0 radical (unpaired) electrons. The molecule has 0 spiro atoms. The van der Waals surface area contributed by atoms with Crippen molar-refractivity contribution in [2.24, 2.45) is 5.92 Å². The van der Waals surface area contributed by atoms with E-state index in [1.807, 2.05) is 0 Å². The molecule has 1 unspecified atom stereocenters. The molecule has 2 rings (SSSR count). The lowest BCUT2D eigenvalue weighted by atomic mass is 9.84. The number of hydrogen-bond donors (Lipinski definition) is 2. The van der Waals surface area contributed by atoms with Crippen molar-refractivity contribution in [1.82, 2.24) is 9.97 Å². The third kappa shape index (κ3) is 3.58. The van der Waals surface area contributed by atoms with Crippen LogP contribution in [0.3, 0.4) is 0 Å². The Morgan fingerprint density at radius 1 is 1.32 bits per heavy atom. The van der Waals surface area contributed by atoms with E-state index in [0.717, 1.165) is 30.1 Å². The van der Waals surface area contributed by atoms with Gasteiger partial charge in [0, 0.05) is 11.6 Å². The van der Waals surface area contributed by atoms with Crippen molar-refractivity contribution >= 4 is 11.6 Å². The molecule has 0 saturated heterocycles. The van der Waals surface area contributed by atoms with E-state index in [1.165, 1.54) is 32.1 Å². The van der Waals surface area contributed by atoms with Crippen LogP contribution in [0, 0.1) is 5.92 Å². The minimum absolute atomic E-state index is 0.463. The van der Waals surface area contributed by atoms with E-state index in [0.29, 0.717) is 11.9 Å². The second kappa shape index (κ2) is 6.73. The molecule has 1 saturated carbocycles. The summed E-state index contributed by atoms with van der Waals surface area (Å²) >= 11 is 0. The van der Waals surface area contributed by atoms with Crippen LogP contribution in [0.2, 0.25) is 0 Å². The number of nitrogens with two attached hydrogens (primary N) is 1. The molecule has 4 nitrogen and oxygen atoms in total. The van der Waals surface area contributed by atoms with E-state index >= 15 is 0 Å². The molecule has 1 aromatic heterocycles. The summed E-state index contributed by atoms with van der Waals surface area (Å²) in [5.41, 5.74) is 7.05. The van der Waals surface area contributed by atoms with Gasteiger partial charge in [-0.2, -0.15) is 0 Å². The van der Waals surface area contributed by atoms with Gasteiger partial charge in [-0.15, -0.1) is 0 Å². The minimum Gasteiger partial charge on any atom is -0.383 e. The molecule has 3 N–H and O–H groups in total. The van der Waals surface area contributed by atoms with Crippen LogP contribution in [0.5, 0.6) is 0 Å². The fourth-order valence-electron chi connectivity index (χ4n) is 3.01. The molecule has 0 amide bonds. The van der Waals surface area contributed by atoms with Crippen LogP contribution in [-0.4, -0.2) is 16.0 Å². The first-order chi connectivity index (χ1) is 9.22. The lowest BCUT2D eigenvalue weighted by Crippen LogP contribution is -2.28. The van der Waals surface area contributed by atoms with Gasteiger partial charge in [0.2, 0.25) is 0 Å². The van der Waals surface area contributed by atoms with Crippen molar-refractivity contribution in [3.05, 3.63) is 11.9 Å². The van der Waals surface area contributed by atoms with Crippen LogP contribution < -0.4 is 11.1 Å². The van der Waals surface area contributed by atoms with Gasteiger partial charge in [0.1, 0.15) is 18.0 Å². The Labute approximate surface area is 116 Å². The molecule has 4 heteroatoms. The van der Waals surface area contributed by atoms with Crippen molar-refractivity contribution < 1.29 is 0 Å². The average molecular weight is 262 g/mol. The number of nitrogen functional groups attached to an aromatic ring is 1. The quantitative estimate of drug-likeness (QED) is 0.853. The second-order valence-corrected chi connectivity index (χ2v) is 5.67. The predicted molar refractivity (Wildman–Crippen MR) is 80.1 cm³/mol. The van der Waals surface area contributed by atoms with Crippen molar-refractivity contribution in [1.29, 1.82) is 0 Å². The molecule has 1 aliphatic rings. The maximum atomic E-state index is 5.97. The summed E-state index contributed by atoms with van der Waals surface area (Å²) in [6.07, 6.45) is 10.3. The normalized spacial score (nSPS) is 18.2. The topological polar surface area (TPSA) is 63.8 Å². The van der Waals surface area contributed by atoms with Crippen molar-refractivity contribution in [2.75, 3.05) is 11.1 Å². The van der Waals surface area contributed by atoms with Crippen LogP contribution in [0.1, 0.15) is 57.9 Å². The minimum atomic E-state index is 0.463. The van der Waals surface area contributed by atoms with Gasteiger partial charge in [-0.1, -0.05) is 32.6 Å². The average Bonchev–Trinajstić information content (AvgIpc) is 2.43. The largest absolute Gasteiger partial charge is 0.383 e. The molecule has 1 aromatic rings. The molecule has 1 fully saturated rings. The fraction of sp³-hybridized carbons (Fsp3) is 0.733.